The van der Waals surface area contributed by atoms with E-state index in [0.29, 0.717) is 12.2 Å². The van der Waals surface area contributed by atoms with E-state index >= 15 is 0 Å². The third-order valence-corrected chi connectivity index (χ3v) is 4.56. The summed E-state index contributed by atoms with van der Waals surface area (Å²) in [5.74, 6) is 0.790. The number of hydrogen-bond donors (Lipinski definition) is 2. The molecule has 6 nitrogen and oxygen atoms in total. The minimum absolute atomic E-state index is 0.275. The highest BCUT2D eigenvalue weighted by molar-refractivity contribution is 6.02. The van der Waals surface area contributed by atoms with Gasteiger partial charge in [-0.3, -0.25) is 9.78 Å². The van der Waals surface area contributed by atoms with Crippen molar-refractivity contribution in [2.45, 2.75) is 13.5 Å². The van der Waals surface area contributed by atoms with Gasteiger partial charge in [-0.25, -0.2) is 0 Å². The Balaban J connectivity index is 1.53. The Labute approximate surface area is 168 Å². The van der Waals surface area contributed by atoms with Gasteiger partial charge in [-0.15, -0.1) is 0 Å². The number of carbonyl (C=O) groups excluding carboxylic acids is 1. The van der Waals surface area contributed by atoms with Gasteiger partial charge in [0.2, 0.25) is 0 Å². The van der Waals surface area contributed by atoms with Gasteiger partial charge in [0.25, 0.3) is 5.91 Å². The third-order valence-electron chi connectivity index (χ3n) is 4.56. The molecule has 0 saturated carbocycles. The van der Waals surface area contributed by atoms with Gasteiger partial charge in [0.1, 0.15) is 5.75 Å². The van der Waals surface area contributed by atoms with E-state index in [1.165, 1.54) is 6.26 Å². The molecule has 29 heavy (non-hydrogen) atoms. The number of aryl methyl sites for hydroxylation is 1. The lowest BCUT2D eigenvalue weighted by Crippen LogP contribution is -2.11. The predicted octanol–water partition coefficient (Wildman–Crippen LogP) is 5.01. The number of furan rings is 1. The summed E-state index contributed by atoms with van der Waals surface area (Å²) in [5, 5.41) is 7.32. The molecule has 0 fully saturated rings. The lowest BCUT2D eigenvalue weighted by molar-refractivity contribution is 0.0996. The maximum absolute atomic E-state index is 12.2. The molecule has 0 unspecified atom stereocenters. The normalized spacial score (nSPS) is 10.7. The van der Waals surface area contributed by atoms with Crippen LogP contribution in [0.5, 0.6) is 5.75 Å². The first-order chi connectivity index (χ1) is 14.1. The van der Waals surface area contributed by atoms with Crippen LogP contribution in [0.2, 0.25) is 0 Å². The molecule has 0 aliphatic heterocycles. The highest BCUT2D eigenvalue weighted by Gasteiger charge is 2.09. The largest absolute Gasteiger partial charge is 0.497 e. The van der Waals surface area contributed by atoms with Crippen LogP contribution < -0.4 is 15.4 Å². The molecule has 2 aromatic carbocycles. The molecule has 0 saturated heterocycles. The topological polar surface area (TPSA) is 76.4 Å². The number of methoxy groups -OCH3 is 1. The van der Waals surface area contributed by atoms with Crippen molar-refractivity contribution in [3.63, 3.8) is 0 Å². The van der Waals surface area contributed by atoms with Crippen molar-refractivity contribution in [3.05, 3.63) is 83.9 Å². The Bertz CT molecular complexity index is 1150. The Kier molecular flexibility index (Phi) is 5.16. The average Bonchev–Trinajstić information content (AvgIpc) is 3.27. The summed E-state index contributed by atoms with van der Waals surface area (Å²) in [6, 6.07) is 18.9. The van der Waals surface area contributed by atoms with Crippen molar-refractivity contribution in [2.75, 3.05) is 17.7 Å². The van der Waals surface area contributed by atoms with Crippen LogP contribution in [-0.4, -0.2) is 18.0 Å². The maximum atomic E-state index is 12.2. The summed E-state index contributed by atoms with van der Waals surface area (Å²) < 4.78 is 10.5. The average molecular weight is 387 g/mol. The van der Waals surface area contributed by atoms with Gasteiger partial charge in [-0.1, -0.05) is 12.1 Å². The van der Waals surface area contributed by atoms with Gasteiger partial charge in [0, 0.05) is 29.0 Å². The fourth-order valence-electron chi connectivity index (χ4n) is 3.17. The van der Waals surface area contributed by atoms with E-state index in [9.17, 15) is 4.79 Å². The van der Waals surface area contributed by atoms with Gasteiger partial charge in [0.05, 0.1) is 18.9 Å². The van der Waals surface area contributed by atoms with Crippen molar-refractivity contribution >= 4 is 28.2 Å². The van der Waals surface area contributed by atoms with Crippen molar-refractivity contribution in [1.29, 1.82) is 0 Å². The van der Waals surface area contributed by atoms with Crippen LogP contribution in [0.15, 0.2) is 71.3 Å². The molecule has 0 aliphatic carbocycles. The van der Waals surface area contributed by atoms with Gasteiger partial charge in [-0.05, 0) is 61.0 Å². The number of anilines is 2. The van der Waals surface area contributed by atoms with Crippen molar-refractivity contribution < 1.29 is 13.9 Å². The molecule has 6 heteroatoms. The number of benzene rings is 2. The molecule has 146 valence electrons. The molecule has 2 aromatic heterocycles. The van der Waals surface area contributed by atoms with E-state index in [2.05, 4.69) is 15.6 Å². The molecule has 2 heterocycles. The second-order valence-electron chi connectivity index (χ2n) is 6.68. The molecule has 0 spiro atoms. The Hall–Kier alpha value is -3.80. The molecule has 4 aromatic rings. The molecule has 4 rings (SSSR count). The summed E-state index contributed by atoms with van der Waals surface area (Å²) >= 11 is 0. The number of nitrogens with one attached hydrogen (secondary N) is 2. The summed E-state index contributed by atoms with van der Waals surface area (Å²) in [6.45, 7) is 2.57. The number of nitrogens with zero attached hydrogens (tertiary/aromatic N) is 1. The quantitative estimate of drug-likeness (QED) is 0.486. The van der Waals surface area contributed by atoms with E-state index in [-0.39, 0.29) is 11.7 Å². The minimum atomic E-state index is -0.275. The third kappa shape index (κ3) is 4.21. The lowest BCUT2D eigenvalue weighted by atomic mass is 10.1. The van der Waals surface area contributed by atoms with E-state index in [0.717, 1.165) is 33.6 Å². The lowest BCUT2D eigenvalue weighted by Gasteiger charge is -2.13. The van der Waals surface area contributed by atoms with Crippen molar-refractivity contribution in [2.24, 2.45) is 0 Å². The molecule has 1 amide bonds. The van der Waals surface area contributed by atoms with E-state index in [4.69, 9.17) is 9.15 Å². The van der Waals surface area contributed by atoms with Crippen molar-refractivity contribution in [3.8, 4) is 5.75 Å². The van der Waals surface area contributed by atoms with Crippen molar-refractivity contribution in [1.82, 2.24) is 4.98 Å². The summed E-state index contributed by atoms with van der Waals surface area (Å²) in [5.41, 5.74) is 4.57. The van der Waals surface area contributed by atoms with Crippen LogP contribution in [0.4, 0.5) is 11.4 Å². The van der Waals surface area contributed by atoms with Crippen LogP contribution in [-0.2, 0) is 6.54 Å². The minimum Gasteiger partial charge on any atom is -0.497 e. The monoisotopic (exact) mass is 387 g/mol. The molecule has 2 N–H and O–H groups in total. The second kappa shape index (κ2) is 8.06. The Morgan fingerprint density at radius 3 is 2.79 bits per heavy atom. The standard InChI is InChI=1S/C23H21N3O3/c1-15-11-21(19-13-18(28-2)8-9-20(19)25-15)24-14-16-5-3-6-17(12-16)26-23(27)22-7-4-10-29-22/h3-13H,14H2,1-2H3,(H,24,25)(H,26,27). The van der Waals surface area contributed by atoms with Crippen LogP contribution >= 0.6 is 0 Å². The highest BCUT2D eigenvalue weighted by Crippen LogP contribution is 2.27. The van der Waals surface area contributed by atoms with Gasteiger partial charge >= 0.3 is 0 Å². The van der Waals surface area contributed by atoms with E-state index in [1.54, 1.807) is 19.2 Å². The summed E-state index contributed by atoms with van der Waals surface area (Å²) in [4.78, 5) is 16.8. The number of carbonyl (C=O) groups is 1. The SMILES string of the molecule is COc1ccc2nc(C)cc(NCc3cccc(NC(=O)c4ccco4)c3)c2c1. The first-order valence-corrected chi connectivity index (χ1v) is 9.25. The fraction of sp³-hybridized carbons (Fsp3) is 0.130. The molecular weight excluding hydrogens is 366 g/mol. The smallest absolute Gasteiger partial charge is 0.291 e. The molecule has 0 atom stereocenters. The number of hydrogen-bond acceptors (Lipinski definition) is 5. The second-order valence-corrected chi connectivity index (χ2v) is 6.68. The number of ether oxygens (including phenoxy) is 1. The fourth-order valence-corrected chi connectivity index (χ4v) is 3.17. The summed E-state index contributed by atoms with van der Waals surface area (Å²) in [7, 11) is 1.65. The predicted molar refractivity (Wildman–Crippen MR) is 113 cm³/mol. The number of fused-ring (bicyclic) bond motifs is 1. The first kappa shape index (κ1) is 18.6. The molecule has 0 bridgehead atoms. The van der Waals surface area contributed by atoms with Gasteiger partial charge in [-0.2, -0.15) is 0 Å². The number of rotatable bonds is 6. The maximum Gasteiger partial charge on any atom is 0.291 e. The van der Waals surface area contributed by atoms with Gasteiger partial charge < -0.3 is 19.8 Å². The van der Waals surface area contributed by atoms with E-state index < -0.39 is 0 Å². The van der Waals surface area contributed by atoms with Crippen LogP contribution in [0.3, 0.4) is 0 Å². The Morgan fingerprint density at radius 2 is 2.00 bits per heavy atom. The number of aromatic nitrogens is 1. The number of amides is 1. The zero-order chi connectivity index (χ0) is 20.2. The number of pyridine rings is 1. The Morgan fingerprint density at radius 1 is 1.10 bits per heavy atom. The van der Waals surface area contributed by atoms with E-state index in [1.807, 2.05) is 55.5 Å². The van der Waals surface area contributed by atoms with Crippen LogP contribution in [0.1, 0.15) is 21.8 Å². The first-order valence-electron chi connectivity index (χ1n) is 9.25. The zero-order valence-electron chi connectivity index (χ0n) is 16.2. The molecule has 0 radical (unpaired) electrons. The van der Waals surface area contributed by atoms with Gasteiger partial charge in [0.15, 0.2) is 5.76 Å². The molecular formula is C23H21N3O3. The molecule has 0 aliphatic rings. The summed E-state index contributed by atoms with van der Waals surface area (Å²) in [6.07, 6.45) is 1.48. The van der Waals surface area contributed by atoms with Crippen LogP contribution in [0.25, 0.3) is 10.9 Å². The highest BCUT2D eigenvalue weighted by atomic mass is 16.5. The van der Waals surface area contributed by atoms with Crippen LogP contribution in [0, 0.1) is 6.92 Å². The zero-order valence-corrected chi connectivity index (χ0v) is 16.2.